The number of hydrogen-bond acceptors (Lipinski definition) is 5. The van der Waals surface area contributed by atoms with Crippen molar-refractivity contribution in [3.63, 3.8) is 0 Å². The first-order valence-corrected chi connectivity index (χ1v) is 7.10. The van der Waals surface area contributed by atoms with Crippen LogP contribution in [-0.4, -0.2) is 48.1 Å². The lowest BCUT2D eigenvalue weighted by atomic mass is 9.80. The summed E-state index contributed by atoms with van der Waals surface area (Å²) in [5.74, 6) is 1.79. The van der Waals surface area contributed by atoms with Crippen LogP contribution in [0.5, 0.6) is 0 Å². The van der Waals surface area contributed by atoms with Crippen molar-refractivity contribution < 1.29 is 0 Å². The molecule has 1 saturated heterocycles. The highest BCUT2D eigenvalue weighted by Crippen LogP contribution is 2.30. The highest BCUT2D eigenvalue weighted by molar-refractivity contribution is 5.46. The lowest BCUT2D eigenvalue weighted by Crippen LogP contribution is -2.40. The molecular weight excluding hydrogens is 238 g/mol. The second-order valence-corrected chi connectivity index (χ2v) is 5.79. The summed E-state index contributed by atoms with van der Waals surface area (Å²) in [4.78, 5) is 10.9. The van der Waals surface area contributed by atoms with Gasteiger partial charge in [0.2, 0.25) is 0 Å². The van der Waals surface area contributed by atoms with E-state index in [4.69, 9.17) is 0 Å². The van der Waals surface area contributed by atoms with E-state index in [1.54, 1.807) is 6.33 Å². The van der Waals surface area contributed by atoms with E-state index in [0.29, 0.717) is 5.41 Å². The molecule has 0 saturated carbocycles. The number of nitrogens with one attached hydrogen (secondary N) is 2. The van der Waals surface area contributed by atoms with Crippen LogP contribution in [0.4, 0.5) is 11.6 Å². The lowest BCUT2D eigenvalue weighted by Gasteiger charge is -2.38. The number of piperidine rings is 1. The molecule has 0 amide bonds. The summed E-state index contributed by atoms with van der Waals surface area (Å²) < 4.78 is 0. The Morgan fingerprint density at radius 3 is 2.47 bits per heavy atom. The van der Waals surface area contributed by atoms with Crippen molar-refractivity contribution in [2.24, 2.45) is 5.41 Å². The highest BCUT2D eigenvalue weighted by atomic mass is 15.1. The van der Waals surface area contributed by atoms with Crippen LogP contribution in [0.25, 0.3) is 0 Å². The van der Waals surface area contributed by atoms with Crippen molar-refractivity contribution in [2.75, 3.05) is 43.9 Å². The number of hydrogen-bond donors (Lipinski definition) is 2. The second-order valence-electron chi connectivity index (χ2n) is 5.79. The molecule has 1 aliphatic heterocycles. The fraction of sp³-hybridized carbons (Fsp3) is 0.714. The number of anilines is 2. The number of rotatable bonds is 5. The van der Waals surface area contributed by atoms with Gasteiger partial charge in [0.25, 0.3) is 0 Å². The van der Waals surface area contributed by atoms with Gasteiger partial charge in [-0.2, -0.15) is 0 Å². The maximum absolute atomic E-state index is 4.28. The molecule has 0 atom stereocenters. The van der Waals surface area contributed by atoms with Gasteiger partial charge in [-0.15, -0.1) is 0 Å². The first kappa shape index (κ1) is 14.1. The third-order valence-corrected chi connectivity index (χ3v) is 3.92. The fourth-order valence-corrected chi connectivity index (χ4v) is 2.37. The Bertz CT molecular complexity index is 399. The summed E-state index contributed by atoms with van der Waals surface area (Å²) >= 11 is 0. The van der Waals surface area contributed by atoms with Gasteiger partial charge < -0.3 is 15.5 Å². The maximum Gasteiger partial charge on any atom is 0.131 e. The average Bonchev–Trinajstić information content (AvgIpc) is 2.41. The predicted molar refractivity (Wildman–Crippen MR) is 79.5 cm³/mol. The Labute approximate surface area is 115 Å². The van der Waals surface area contributed by atoms with Gasteiger partial charge in [0.1, 0.15) is 18.0 Å². The second kappa shape index (κ2) is 6.19. The minimum absolute atomic E-state index is 0.371. The molecule has 106 valence electrons. The van der Waals surface area contributed by atoms with Crippen molar-refractivity contribution in [2.45, 2.75) is 26.7 Å². The first-order valence-electron chi connectivity index (χ1n) is 7.10. The van der Waals surface area contributed by atoms with Crippen molar-refractivity contribution in [1.82, 2.24) is 14.9 Å². The third-order valence-electron chi connectivity index (χ3n) is 3.92. The number of likely N-dealkylation sites (tertiary alicyclic amines) is 1. The van der Waals surface area contributed by atoms with E-state index in [9.17, 15) is 0 Å². The van der Waals surface area contributed by atoms with Crippen LogP contribution in [-0.2, 0) is 0 Å². The van der Waals surface area contributed by atoms with E-state index < -0.39 is 0 Å². The molecule has 5 nitrogen and oxygen atoms in total. The molecule has 5 heteroatoms. The van der Waals surface area contributed by atoms with Gasteiger partial charge in [-0.25, -0.2) is 9.97 Å². The summed E-state index contributed by atoms with van der Waals surface area (Å²) in [7, 11) is 2.19. The van der Waals surface area contributed by atoms with Gasteiger partial charge in [0, 0.05) is 19.2 Å². The highest BCUT2D eigenvalue weighted by Gasteiger charge is 2.28. The molecule has 0 bridgehead atoms. The van der Waals surface area contributed by atoms with Gasteiger partial charge in [0.15, 0.2) is 0 Å². The summed E-state index contributed by atoms with van der Waals surface area (Å²) in [6.45, 7) is 8.65. The van der Waals surface area contributed by atoms with E-state index in [1.807, 2.05) is 6.07 Å². The van der Waals surface area contributed by atoms with E-state index >= 15 is 0 Å². The Hall–Kier alpha value is -1.36. The standard InChI is InChI=1S/C14H25N5/c1-4-15-12-9-13(18-11-17-12)16-10-14(2)5-7-19(3)8-6-14/h9,11H,4-8,10H2,1-3H3,(H2,15,16,17,18). The van der Waals surface area contributed by atoms with Crippen LogP contribution in [0.3, 0.4) is 0 Å². The molecule has 0 aromatic carbocycles. The topological polar surface area (TPSA) is 53.1 Å². The van der Waals surface area contributed by atoms with E-state index in [1.165, 1.54) is 25.9 Å². The molecule has 19 heavy (non-hydrogen) atoms. The van der Waals surface area contributed by atoms with Gasteiger partial charge in [0.05, 0.1) is 0 Å². The Morgan fingerprint density at radius 1 is 1.21 bits per heavy atom. The van der Waals surface area contributed by atoms with Crippen LogP contribution < -0.4 is 10.6 Å². The van der Waals surface area contributed by atoms with E-state index in [0.717, 1.165) is 24.7 Å². The molecule has 2 heterocycles. The normalized spacial score (nSPS) is 19.1. The summed E-state index contributed by atoms with van der Waals surface area (Å²) in [6.07, 6.45) is 4.08. The molecule has 0 radical (unpaired) electrons. The van der Waals surface area contributed by atoms with E-state index in [-0.39, 0.29) is 0 Å². The molecular formula is C14H25N5. The maximum atomic E-state index is 4.28. The molecule has 1 aromatic rings. The molecule has 2 rings (SSSR count). The molecule has 1 aromatic heterocycles. The Balaban J connectivity index is 1.89. The van der Waals surface area contributed by atoms with Crippen LogP contribution in [0.15, 0.2) is 12.4 Å². The zero-order valence-corrected chi connectivity index (χ0v) is 12.2. The summed E-state index contributed by atoms with van der Waals surface area (Å²) in [5, 5.41) is 6.66. The first-order chi connectivity index (χ1) is 9.11. The van der Waals surface area contributed by atoms with Crippen molar-refractivity contribution in [1.29, 1.82) is 0 Å². The smallest absolute Gasteiger partial charge is 0.131 e. The van der Waals surface area contributed by atoms with Crippen molar-refractivity contribution >= 4 is 11.6 Å². The zero-order chi connectivity index (χ0) is 13.7. The van der Waals surface area contributed by atoms with Crippen molar-refractivity contribution in [3.8, 4) is 0 Å². The Morgan fingerprint density at radius 2 is 1.84 bits per heavy atom. The lowest BCUT2D eigenvalue weighted by molar-refractivity contribution is 0.150. The van der Waals surface area contributed by atoms with Crippen LogP contribution in [0.1, 0.15) is 26.7 Å². The largest absolute Gasteiger partial charge is 0.370 e. The minimum Gasteiger partial charge on any atom is -0.370 e. The van der Waals surface area contributed by atoms with Gasteiger partial charge >= 0.3 is 0 Å². The quantitative estimate of drug-likeness (QED) is 0.851. The summed E-state index contributed by atoms with van der Waals surface area (Å²) in [5.41, 5.74) is 0.371. The molecule has 0 spiro atoms. The molecule has 0 unspecified atom stereocenters. The van der Waals surface area contributed by atoms with E-state index in [2.05, 4.69) is 46.4 Å². The summed E-state index contributed by atoms with van der Waals surface area (Å²) in [6, 6.07) is 1.97. The van der Waals surface area contributed by atoms with Crippen LogP contribution in [0, 0.1) is 5.41 Å². The predicted octanol–water partition coefficient (Wildman–Crippen LogP) is 2.05. The molecule has 1 fully saturated rings. The monoisotopic (exact) mass is 263 g/mol. The number of nitrogens with zero attached hydrogens (tertiary/aromatic N) is 3. The van der Waals surface area contributed by atoms with Gasteiger partial charge in [-0.3, -0.25) is 0 Å². The SMILES string of the molecule is CCNc1cc(NCC2(C)CCN(C)CC2)ncn1. The third kappa shape index (κ3) is 4.06. The Kier molecular flexibility index (Phi) is 4.58. The molecule has 1 aliphatic rings. The van der Waals surface area contributed by atoms with Gasteiger partial charge in [-0.1, -0.05) is 6.92 Å². The molecule has 0 aliphatic carbocycles. The molecule has 2 N–H and O–H groups in total. The number of aromatic nitrogens is 2. The minimum atomic E-state index is 0.371. The van der Waals surface area contributed by atoms with Crippen molar-refractivity contribution in [3.05, 3.63) is 12.4 Å². The van der Waals surface area contributed by atoms with Gasteiger partial charge in [-0.05, 0) is 45.3 Å². The zero-order valence-electron chi connectivity index (χ0n) is 12.2. The average molecular weight is 263 g/mol. The van der Waals surface area contributed by atoms with Crippen LogP contribution >= 0.6 is 0 Å². The fourth-order valence-electron chi connectivity index (χ4n) is 2.37. The van der Waals surface area contributed by atoms with Crippen LogP contribution in [0.2, 0.25) is 0 Å².